The molecule has 1 saturated carbocycles. The summed E-state index contributed by atoms with van der Waals surface area (Å²) in [5.74, 6) is 1.20. The Balaban J connectivity index is 1.80. The van der Waals surface area contributed by atoms with Crippen molar-refractivity contribution in [3.63, 3.8) is 0 Å². The van der Waals surface area contributed by atoms with Crippen molar-refractivity contribution in [3.05, 3.63) is 35.9 Å². The third-order valence-corrected chi connectivity index (χ3v) is 4.39. The van der Waals surface area contributed by atoms with Gasteiger partial charge in [0, 0.05) is 6.04 Å². The number of amides is 1. The van der Waals surface area contributed by atoms with E-state index < -0.39 is 0 Å². The highest BCUT2D eigenvalue weighted by atomic mass is 16.5. The topological polar surface area (TPSA) is 58.6 Å². The molecule has 1 amide bonds. The lowest BCUT2D eigenvalue weighted by atomic mass is 9.85. The zero-order valence-electron chi connectivity index (χ0n) is 14.0. The van der Waals surface area contributed by atoms with Crippen LogP contribution in [-0.2, 0) is 11.2 Å². The van der Waals surface area contributed by atoms with Gasteiger partial charge in [-0.15, -0.1) is 0 Å². The Labute approximate surface area is 138 Å². The Morgan fingerprint density at radius 2 is 2.09 bits per heavy atom. The molecular weight excluding hydrogens is 290 g/mol. The first-order chi connectivity index (χ1) is 11.1. The molecular formula is C19H27NO3. The summed E-state index contributed by atoms with van der Waals surface area (Å²) in [7, 11) is 1.50. The minimum atomic E-state index is 0.0327. The van der Waals surface area contributed by atoms with Gasteiger partial charge in [-0.1, -0.05) is 25.1 Å². The van der Waals surface area contributed by atoms with Crippen LogP contribution in [0.5, 0.6) is 11.5 Å². The number of nitrogens with one attached hydrogen (secondary N) is 1. The minimum Gasteiger partial charge on any atom is -0.504 e. The van der Waals surface area contributed by atoms with Crippen molar-refractivity contribution in [3.8, 4) is 11.5 Å². The number of hydrogen-bond donors (Lipinski definition) is 2. The number of aromatic hydroxyl groups is 1. The summed E-state index contributed by atoms with van der Waals surface area (Å²) >= 11 is 0. The second-order valence-corrected chi connectivity index (χ2v) is 6.20. The Hall–Kier alpha value is -1.97. The average Bonchev–Trinajstić information content (AvgIpc) is 2.56. The highest BCUT2D eigenvalue weighted by Crippen LogP contribution is 2.27. The highest BCUT2D eigenvalue weighted by Gasteiger charge is 2.21. The molecule has 2 rings (SSSR count). The minimum absolute atomic E-state index is 0.0327. The van der Waals surface area contributed by atoms with Crippen LogP contribution in [0, 0.1) is 5.92 Å². The van der Waals surface area contributed by atoms with Crippen molar-refractivity contribution in [1.82, 2.24) is 5.32 Å². The van der Waals surface area contributed by atoms with E-state index in [4.69, 9.17) is 4.74 Å². The Kier molecular flexibility index (Phi) is 6.51. The molecule has 1 aliphatic carbocycles. The molecule has 0 aromatic heterocycles. The first kappa shape index (κ1) is 17.4. The third kappa shape index (κ3) is 5.31. The molecule has 0 heterocycles. The van der Waals surface area contributed by atoms with Crippen molar-refractivity contribution in [2.75, 3.05) is 7.11 Å². The largest absolute Gasteiger partial charge is 0.504 e. The van der Waals surface area contributed by atoms with E-state index in [0.29, 0.717) is 18.1 Å². The molecule has 0 unspecified atom stereocenters. The van der Waals surface area contributed by atoms with Crippen LogP contribution in [0.25, 0.3) is 0 Å². The van der Waals surface area contributed by atoms with E-state index in [9.17, 15) is 9.90 Å². The molecule has 0 spiro atoms. The summed E-state index contributed by atoms with van der Waals surface area (Å²) in [5, 5.41) is 12.7. The van der Waals surface area contributed by atoms with Gasteiger partial charge in [-0.3, -0.25) is 4.79 Å². The Morgan fingerprint density at radius 1 is 1.35 bits per heavy atom. The van der Waals surface area contributed by atoms with Crippen LogP contribution in [0.15, 0.2) is 30.4 Å². The molecule has 2 N–H and O–H groups in total. The Bertz CT molecular complexity index is 546. The lowest BCUT2D eigenvalue weighted by Gasteiger charge is -2.27. The van der Waals surface area contributed by atoms with Crippen LogP contribution in [0.1, 0.15) is 44.6 Å². The SMILES string of the molecule is CC/C=C\[C@H]1CC[C@@H](NC(=O)Cc2ccc(O)c(OC)c2)CC1. The van der Waals surface area contributed by atoms with Gasteiger partial charge < -0.3 is 15.2 Å². The van der Waals surface area contributed by atoms with Crippen molar-refractivity contribution < 1.29 is 14.6 Å². The van der Waals surface area contributed by atoms with E-state index >= 15 is 0 Å². The molecule has 0 bridgehead atoms. The average molecular weight is 317 g/mol. The molecule has 0 aliphatic heterocycles. The van der Waals surface area contributed by atoms with Gasteiger partial charge >= 0.3 is 0 Å². The number of benzene rings is 1. The van der Waals surface area contributed by atoms with Crippen molar-refractivity contribution >= 4 is 5.91 Å². The summed E-state index contributed by atoms with van der Waals surface area (Å²) in [5.41, 5.74) is 0.844. The molecule has 1 aromatic rings. The molecule has 0 saturated heterocycles. The van der Waals surface area contributed by atoms with Crippen LogP contribution >= 0.6 is 0 Å². The maximum Gasteiger partial charge on any atom is 0.224 e. The zero-order chi connectivity index (χ0) is 16.7. The van der Waals surface area contributed by atoms with Crippen LogP contribution in [0.4, 0.5) is 0 Å². The summed E-state index contributed by atoms with van der Waals surface area (Å²) < 4.78 is 5.07. The molecule has 1 aliphatic rings. The van der Waals surface area contributed by atoms with Gasteiger partial charge in [-0.05, 0) is 55.7 Å². The number of phenolic OH excluding ortho intramolecular Hbond substituents is 1. The summed E-state index contributed by atoms with van der Waals surface area (Å²) in [6.07, 6.45) is 10.3. The highest BCUT2D eigenvalue weighted by molar-refractivity contribution is 5.79. The first-order valence-electron chi connectivity index (χ1n) is 8.44. The Morgan fingerprint density at radius 3 is 2.74 bits per heavy atom. The molecule has 4 heteroatoms. The second kappa shape index (κ2) is 8.61. The number of ether oxygens (including phenoxy) is 1. The predicted molar refractivity (Wildman–Crippen MR) is 91.7 cm³/mol. The van der Waals surface area contributed by atoms with Gasteiger partial charge in [0.05, 0.1) is 13.5 Å². The van der Waals surface area contributed by atoms with Crippen LogP contribution in [0.3, 0.4) is 0 Å². The van der Waals surface area contributed by atoms with E-state index in [1.165, 1.54) is 7.11 Å². The van der Waals surface area contributed by atoms with E-state index in [0.717, 1.165) is 37.7 Å². The fourth-order valence-electron chi connectivity index (χ4n) is 3.08. The number of allylic oxidation sites excluding steroid dienone is 2. The van der Waals surface area contributed by atoms with Gasteiger partial charge in [0.1, 0.15) is 0 Å². The smallest absolute Gasteiger partial charge is 0.224 e. The number of phenols is 1. The van der Waals surface area contributed by atoms with Gasteiger partial charge in [0.25, 0.3) is 0 Å². The fourth-order valence-corrected chi connectivity index (χ4v) is 3.08. The van der Waals surface area contributed by atoms with Crippen molar-refractivity contribution in [2.24, 2.45) is 5.92 Å². The van der Waals surface area contributed by atoms with E-state index in [1.807, 2.05) is 0 Å². The molecule has 23 heavy (non-hydrogen) atoms. The van der Waals surface area contributed by atoms with E-state index in [1.54, 1.807) is 18.2 Å². The predicted octanol–water partition coefficient (Wildman–Crippen LogP) is 3.58. The van der Waals surface area contributed by atoms with Gasteiger partial charge in [0.15, 0.2) is 11.5 Å². The number of rotatable bonds is 6. The molecule has 0 atom stereocenters. The van der Waals surface area contributed by atoms with Crippen molar-refractivity contribution in [1.29, 1.82) is 0 Å². The molecule has 0 radical (unpaired) electrons. The molecule has 1 fully saturated rings. The van der Waals surface area contributed by atoms with E-state index in [-0.39, 0.29) is 17.7 Å². The quantitative estimate of drug-likeness (QED) is 0.788. The van der Waals surface area contributed by atoms with Gasteiger partial charge in [-0.25, -0.2) is 0 Å². The maximum atomic E-state index is 12.2. The standard InChI is InChI=1S/C19H27NO3/c1-3-4-5-14-6-9-16(10-7-14)20-19(22)13-15-8-11-17(21)18(12-15)23-2/h4-5,8,11-12,14,16,21H,3,6-7,9-10,13H2,1-2H3,(H,20,22)/b5-4-/t14-,16+. The number of carbonyl (C=O) groups excluding carboxylic acids is 1. The van der Waals surface area contributed by atoms with Crippen LogP contribution < -0.4 is 10.1 Å². The monoisotopic (exact) mass is 317 g/mol. The number of methoxy groups -OCH3 is 1. The molecule has 126 valence electrons. The van der Waals surface area contributed by atoms with E-state index in [2.05, 4.69) is 24.4 Å². The van der Waals surface area contributed by atoms with Crippen molar-refractivity contribution in [2.45, 2.75) is 51.5 Å². The summed E-state index contributed by atoms with van der Waals surface area (Å²) in [6.45, 7) is 2.15. The zero-order valence-corrected chi connectivity index (χ0v) is 14.0. The number of hydrogen-bond acceptors (Lipinski definition) is 3. The molecule has 1 aromatic carbocycles. The van der Waals surface area contributed by atoms with Gasteiger partial charge in [-0.2, -0.15) is 0 Å². The van der Waals surface area contributed by atoms with Crippen LogP contribution in [0.2, 0.25) is 0 Å². The third-order valence-electron chi connectivity index (χ3n) is 4.39. The second-order valence-electron chi connectivity index (χ2n) is 6.20. The van der Waals surface area contributed by atoms with Gasteiger partial charge in [0.2, 0.25) is 5.91 Å². The fraction of sp³-hybridized carbons (Fsp3) is 0.526. The maximum absolute atomic E-state index is 12.2. The lowest BCUT2D eigenvalue weighted by molar-refractivity contribution is -0.121. The number of carbonyl (C=O) groups is 1. The summed E-state index contributed by atoms with van der Waals surface area (Å²) in [4.78, 5) is 12.2. The first-order valence-corrected chi connectivity index (χ1v) is 8.44. The normalized spacial score (nSPS) is 21.3. The molecule has 4 nitrogen and oxygen atoms in total. The summed E-state index contributed by atoms with van der Waals surface area (Å²) in [6, 6.07) is 5.31. The van der Waals surface area contributed by atoms with Crippen LogP contribution in [-0.4, -0.2) is 24.2 Å². The lowest BCUT2D eigenvalue weighted by Crippen LogP contribution is -2.38.